The summed E-state index contributed by atoms with van der Waals surface area (Å²) in [6.45, 7) is 4.06. The molecule has 0 aliphatic carbocycles. The van der Waals surface area contributed by atoms with Crippen molar-refractivity contribution in [2.75, 3.05) is 18.5 Å². The van der Waals surface area contributed by atoms with E-state index in [9.17, 15) is 23.1 Å². The molecule has 3 heterocycles. The van der Waals surface area contributed by atoms with E-state index in [1.807, 2.05) is 0 Å². The van der Waals surface area contributed by atoms with Gasteiger partial charge < -0.3 is 19.7 Å². The van der Waals surface area contributed by atoms with Gasteiger partial charge in [0, 0.05) is 37.1 Å². The summed E-state index contributed by atoms with van der Waals surface area (Å²) in [5.74, 6) is 0.591. The SMILES string of the molecule is Cc1nc(N[C@H](O)c2cccc(C(F)(F)F)c2C)c2cn(C3CCOCC3)c(=O)cc2n1. The summed E-state index contributed by atoms with van der Waals surface area (Å²) in [5, 5.41) is 14.0. The number of nitrogens with zero attached hydrogens (tertiary/aromatic N) is 3. The molecule has 0 unspecified atom stereocenters. The van der Waals surface area contributed by atoms with Gasteiger partial charge in [-0.15, -0.1) is 0 Å². The standard InChI is InChI=1S/C22H23F3N4O3/c1-12-15(4-3-5-17(12)22(23,24)25)21(31)28-20-16-11-29(14-6-8-32-9-7-14)19(30)10-18(16)26-13(2)27-20/h3-5,10-11,14,21,31H,6-9H2,1-2H3,(H,26,27,28)/t21-/m1/s1. The molecular formula is C22H23F3N4O3. The van der Waals surface area contributed by atoms with Crippen molar-refractivity contribution in [2.24, 2.45) is 0 Å². The van der Waals surface area contributed by atoms with E-state index in [4.69, 9.17) is 4.74 Å². The zero-order valence-corrected chi connectivity index (χ0v) is 17.6. The number of halogens is 3. The number of aromatic nitrogens is 3. The third-order valence-corrected chi connectivity index (χ3v) is 5.70. The van der Waals surface area contributed by atoms with Crippen LogP contribution in [0.2, 0.25) is 0 Å². The number of alkyl halides is 3. The lowest BCUT2D eigenvalue weighted by Gasteiger charge is -2.25. The Labute approximate surface area is 181 Å². The highest BCUT2D eigenvalue weighted by molar-refractivity contribution is 5.88. The molecule has 1 atom stereocenters. The fourth-order valence-corrected chi connectivity index (χ4v) is 4.06. The third-order valence-electron chi connectivity index (χ3n) is 5.70. The minimum Gasteiger partial charge on any atom is -0.381 e. The average Bonchev–Trinajstić information content (AvgIpc) is 2.73. The van der Waals surface area contributed by atoms with Crippen LogP contribution in [0.4, 0.5) is 19.0 Å². The molecule has 0 saturated carbocycles. The summed E-state index contributed by atoms with van der Waals surface area (Å²) in [6.07, 6.45) is -2.96. The number of aliphatic hydroxyl groups excluding tert-OH is 1. The molecule has 1 aliphatic heterocycles. The van der Waals surface area contributed by atoms with Gasteiger partial charge in [-0.3, -0.25) is 4.79 Å². The summed E-state index contributed by atoms with van der Waals surface area (Å²) < 4.78 is 46.8. The first-order valence-corrected chi connectivity index (χ1v) is 10.2. The first-order valence-electron chi connectivity index (χ1n) is 10.2. The number of aryl methyl sites for hydroxylation is 1. The van der Waals surface area contributed by atoms with Crippen molar-refractivity contribution in [1.29, 1.82) is 0 Å². The Kier molecular flexibility index (Phi) is 5.91. The summed E-state index contributed by atoms with van der Waals surface area (Å²) in [4.78, 5) is 21.3. The largest absolute Gasteiger partial charge is 0.416 e. The van der Waals surface area contributed by atoms with Gasteiger partial charge in [-0.1, -0.05) is 12.1 Å². The van der Waals surface area contributed by atoms with E-state index in [0.717, 1.165) is 6.07 Å². The Morgan fingerprint density at radius 1 is 1.22 bits per heavy atom. The van der Waals surface area contributed by atoms with Crippen LogP contribution in [0.25, 0.3) is 10.9 Å². The highest BCUT2D eigenvalue weighted by Gasteiger charge is 2.33. The van der Waals surface area contributed by atoms with Crippen molar-refractivity contribution in [3.8, 4) is 0 Å². The van der Waals surface area contributed by atoms with Crippen LogP contribution in [0.1, 0.15) is 47.6 Å². The first-order chi connectivity index (χ1) is 15.1. The van der Waals surface area contributed by atoms with Gasteiger partial charge in [0.15, 0.2) is 6.23 Å². The zero-order valence-electron chi connectivity index (χ0n) is 17.6. The lowest BCUT2D eigenvalue weighted by molar-refractivity contribution is -0.138. The maximum Gasteiger partial charge on any atom is 0.416 e. The third kappa shape index (κ3) is 4.33. The van der Waals surface area contributed by atoms with Crippen LogP contribution in [-0.4, -0.2) is 32.9 Å². The van der Waals surface area contributed by atoms with Crippen LogP contribution < -0.4 is 10.9 Å². The van der Waals surface area contributed by atoms with Crippen molar-refractivity contribution >= 4 is 16.7 Å². The van der Waals surface area contributed by atoms with E-state index >= 15 is 0 Å². The maximum absolute atomic E-state index is 13.3. The molecule has 4 rings (SSSR count). The average molecular weight is 448 g/mol. The summed E-state index contributed by atoms with van der Waals surface area (Å²) in [5.41, 5.74) is -0.617. The molecule has 0 spiro atoms. The summed E-state index contributed by atoms with van der Waals surface area (Å²) in [7, 11) is 0. The van der Waals surface area contributed by atoms with Gasteiger partial charge in [-0.2, -0.15) is 13.2 Å². The number of pyridine rings is 1. The summed E-state index contributed by atoms with van der Waals surface area (Å²) >= 11 is 0. The van der Waals surface area contributed by atoms with Crippen LogP contribution >= 0.6 is 0 Å². The zero-order chi connectivity index (χ0) is 23.0. The molecule has 7 nitrogen and oxygen atoms in total. The normalized spacial score (nSPS) is 16.3. The molecule has 1 fully saturated rings. The van der Waals surface area contributed by atoms with Gasteiger partial charge in [-0.25, -0.2) is 9.97 Å². The number of rotatable bonds is 4. The van der Waals surface area contributed by atoms with Gasteiger partial charge in [-0.05, 0) is 38.3 Å². The number of hydrogen-bond acceptors (Lipinski definition) is 6. The molecule has 0 bridgehead atoms. The number of aliphatic hydroxyl groups is 1. The Morgan fingerprint density at radius 3 is 2.62 bits per heavy atom. The van der Waals surface area contributed by atoms with Crippen molar-refractivity contribution in [3.63, 3.8) is 0 Å². The van der Waals surface area contributed by atoms with E-state index in [2.05, 4.69) is 15.3 Å². The molecule has 10 heteroatoms. The molecule has 1 saturated heterocycles. The Bertz CT molecular complexity index is 1200. The fraction of sp³-hybridized carbons (Fsp3) is 0.409. The highest BCUT2D eigenvalue weighted by Crippen LogP contribution is 2.35. The van der Waals surface area contributed by atoms with Crippen molar-refractivity contribution in [3.05, 3.63) is 63.3 Å². The number of fused-ring (bicyclic) bond motifs is 1. The van der Waals surface area contributed by atoms with E-state index in [0.29, 0.717) is 42.8 Å². The second kappa shape index (κ2) is 8.51. The molecule has 1 aliphatic rings. The highest BCUT2D eigenvalue weighted by atomic mass is 19.4. The monoisotopic (exact) mass is 448 g/mol. The van der Waals surface area contributed by atoms with Crippen molar-refractivity contribution in [1.82, 2.24) is 14.5 Å². The van der Waals surface area contributed by atoms with E-state index in [-0.39, 0.29) is 28.5 Å². The van der Waals surface area contributed by atoms with Crippen molar-refractivity contribution in [2.45, 2.75) is 45.1 Å². The molecule has 2 N–H and O–H groups in total. The van der Waals surface area contributed by atoms with Crippen LogP contribution in [0.3, 0.4) is 0 Å². The van der Waals surface area contributed by atoms with Gasteiger partial charge in [0.25, 0.3) is 5.56 Å². The number of anilines is 1. The van der Waals surface area contributed by atoms with Gasteiger partial charge in [0.1, 0.15) is 11.6 Å². The lowest BCUT2D eigenvalue weighted by Crippen LogP contribution is -2.28. The quantitative estimate of drug-likeness (QED) is 0.589. The molecule has 1 aromatic carbocycles. The first kappa shape index (κ1) is 22.2. The maximum atomic E-state index is 13.3. The minimum atomic E-state index is -4.53. The Morgan fingerprint density at radius 2 is 1.94 bits per heavy atom. The molecule has 170 valence electrons. The van der Waals surface area contributed by atoms with Crippen LogP contribution in [0.5, 0.6) is 0 Å². The summed E-state index contributed by atoms with van der Waals surface area (Å²) in [6, 6.07) is 5.03. The lowest BCUT2D eigenvalue weighted by atomic mass is 10.0. The molecule has 32 heavy (non-hydrogen) atoms. The predicted molar refractivity (Wildman–Crippen MR) is 112 cm³/mol. The number of hydrogen-bond donors (Lipinski definition) is 2. The Hall–Kier alpha value is -2.98. The number of ether oxygens (including phenoxy) is 1. The Balaban J connectivity index is 1.75. The van der Waals surface area contributed by atoms with E-state index in [1.165, 1.54) is 25.1 Å². The van der Waals surface area contributed by atoms with Gasteiger partial charge in [0.2, 0.25) is 0 Å². The molecule has 2 aromatic heterocycles. The second-order valence-corrected chi connectivity index (χ2v) is 7.85. The van der Waals surface area contributed by atoms with E-state index < -0.39 is 18.0 Å². The molecule has 0 amide bonds. The van der Waals surface area contributed by atoms with Gasteiger partial charge in [0.05, 0.1) is 16.5 Å². The van der Waals surface area contributed by atoms with Gasteiger partial charge >= 0.3 is 6.18 Å². The van der Waals surface area contributed by atoms with Crippen LogP contribution in [-0.2, 0) is 10.9 Å². The van der Waals surface area contributed by atoms with E-state index in [1.54, 1.807) is 17.7 Å². The second-order valence-electron chi connectivity index (χ2n) is 7.85. The molecule has 0 radical (unpaired) electrons. The van der Waals surface area contributed by atoms with Crippen LogP contribution in [0.15, 0.2) is 35.3 Å². The smallest absolute Gasteiger partial charge is 0.381 e. The fourth-order valence-electron chi connectivity index (χ4n) is 4.06. The van der Waals surface area contributed by atoms with Crippen LogP contribution in [0, 0.1) is 13.8 Å². The molecule has 3 aromatic rings. The molecular weight excluding hydrogens is 425 g/mol. The predicted octanol–water partition coefficient (Wildman–Crippen LogP) is 3.88. The number of benzene rings is 1. The minimum absolute atomic E-state index is 0.0366. The number of nitrogens with one attached hydrogen (secondary N) is 1. The topological polar surface area (TPSA) is 89.3 Å². The van der Waals surface area contributed by atoms with Crippen molar-refractivity contribution < 1.29 is 23.0 Å².